The Morgan fingerprint density at radius 3 is 2.69 bits per heavy atom. The molecule has 0 saturated heterocycles. The number of pyridine rings is 1. The Hall–Kier alpha value is -0.130. The summed E-state index contributed by atoms with van der Waals surface area (Å²) in [5.74, 6) is 0.827. The molecule has 2 unspecified atom stereocenters. The van der Waals surface area contributed by atoms with Gasteiger partial charge < -0.3 is 10.4 Å². The highest BCUT2D eigenvalue weighted by Gasteiger charge is 2.47. The van der Waals surface area contributed by atoms with Crippen LogP contribution in [0.25, 0.3) is 0 Å². The Morgan fingerprint density at radius 2 is 2.19 bits per heavy atom. The molecule has 3 nitrogen and oxygen atoms in total. The zero-order chi connectivity index (χ0) is 11.9. The molecule has 0 radical (unpaired) electrons. The van der Waals surface area contributed by atoms with Gasteiger partial charge in [0.2, 0.25) is 0 Å². The van der Waals surface area contributed by atoms with E-state index in [4.69, 9.17) is 0 Å². The Labute approximate surface area is 112 Å². The van der Waals surface area contributed by atoms with E-state index in [2.05, 4.69) is 56.0 Å². The van der Waals surface area contributed by atoms with Gasteiger partial charge in [0.05, 0.1) is 10.6 Å². The monoisotopic (exact) mass is 348 g/mol. The van der Waals surface area contributed by atoms with E-state index in [1.54, 1.807) is 6.20 Å². The molecule has 1 aliphatic carbocycles. The van der Waals surface area contributed by atoms with Crippen molar-refractivity contribution in [2.24, 2.45) is 5.41 Å². The SMILES string of the molecule is CC1(C)C(O)CC1Nc1ncc(Br)cc1Br. The average molecular weight is 350 g/mol. The smallest absolute Gasteiger partial charge is 0.140 e. The standard InChI is InChI=1S/C11H14Br2N2O/c1-11(2)8(4-9(11)16)15-10-7(13)3-6(12)5-14-10/h3,5,8-9,16H,4H2,1-2H3,(H,14,15). The van der Waals surface area contributed by atoms with E-state index < -0.39 is 0 Å². The number of nitrogens with one attached hydrogen (secondary N) is 1. The van der Waals surface area contributed by atoms with E-state index in [-0.39, 0.29) is 17.6 Å². The number of halogens is 2. The van der Waals surface area contributed by atoms with Crippen LogP contribution in [0.3, 0.4) is 0 Å². The zero-order valence-corrected chi connectivity index (χ0v) is 12.3. The molecule has 0 bridgehead atoms. The number of anilines is 1. The second-order valence-electron chi connectivity index (χ2n) is 4.75. The molecule has 16 heavy (non-hydrogen) atoms. The minimum Gasteiger partial charge on any atom is -0.392 e. The van der Waals surface area contributed by atoms with Crippen LogP contribution in [0.15, 0.2) is 21.2 Å². The quantitative estimate of drug-likeness (QED) is 0.861. The first-order valence-corrected chi connectivity index (χ1v) is 6.75. The van der Waals surface area contributed by atoms with Crippen molar-refractivity contribution in [3.8, 4) is 0 Å². The molecule has 0 spiro atoms. The zero-order valence-electron chi connectivity index (χ0n) is 9.17. The highest BCUT2D eigenvalue weighted by atomic mass is 79.9. The van der Waals surface area contributed by atoms with Crippen molar-refractivity contribution in [1.82, 2.24) is 4.98 Å². The minimum absolute atomic E-state index is 0.0891. The highest BCUT2D eigenvalue weighted by molar-refractivity contribution is 9.11. The first-order valence-electron chi connectivity index (χ1n) is 5.17. The molecule has 1 aliphatic rings. The van der Waals surface area contributed by atoms with Crippen LogP contribution in [0.4, 0.5) is 5.82 Å². The fourth-order valence-electron chi connectivity index (χ4n) is 1.83. The predicted molar refractivity (Wildman–Crippen MR) is 71.5 cm³/mol. The summed E-state index contributed by atoms with van der Waals surface area (Å²) in [5, 5.41) is 13.0. The van der Waals surface area contributed by atoms with E-state index in [0.29, 0.717) is 0 Å². The van der Waals surface area contributed by atoms with Crippen LogP contribution in [0, 0.1) is 5.41 Å². The molecule has 5 heteroatoms. The molecule has 1 fully saturated rings. The van der Waals surface area contributed by atoms with Gasteiger partial charge in [-0.2, -0.15) is 0 Å². The molecule has 1 aromatic rings. The third kappa shape index (κ3) is 2.13. The first-order chi connectivity index (χ1) is 7.41. The molecule has 1 saturated carbocycles. The van der Waals surface area contributed by atoms with Gasteiger partial charge in [0.25, 0.3) is 0 Å². The van der Waals surface area contributed by atoms with E-state index in [1.807, 2.05) is 6.07 Å². The lowest BCUT2D eigenvalue weighted by Gasteiger charge is -2.49. The molecule has 2 atom stereocenters. The summed E-state index contributed by atoms with van der Waals surface area (Å²) < 4.78 is 1.87. The highest BCUT2D eigenvalue weighted by Crippen LogP contribution is 2.42. The first kappa shape index (κ1) is 12.3. The largest absolute Gasteiger partial charge is 0.392 e. The normalized spacial score (nSPS) is 27.3. The van der Waals surface area contributed by atoms with Gasteiger partial charge in [-0.1, -0.05) is 13.8 Å². The fourth-order valence-corrected chi connectivity index (χ4v) is 2.94. The lowest BCUT2D eigenvalue weighted by molar-refractivity contribution is -0.0511. The average Bonchev–Trinajstić information content (AvgIpc) is 2.21. The lowest BCUT2D eigenvalue weighted by Crippen LogP contribution is -2.57. The van der Waals surface area contributed by atoms with Crippen molar-refractivity contribution < 1.29 is 5.11 Å². The van der Waals surface area contributed by atoms with Crippen molar-refractivity contribution in [2.75, 3.05) is 5.32 Å². The molecule has 1 aromatic heterocycles. The summed E-state index contributed by atoms with van der Waals surface area (Å²) in [6, 6.07) is 2.23. The summed E-state index contributed by atoms with van der Waals surface area (Å²) >= 11 is 6.83. The number of hydrogen-bond acceptors (Lipinski definition) is 3. The van der Waals surface area contributed by atoms with Gasteiger partial charge in [-0.25, -0.2) is 4.98 Å². The number of aromatic nitrogens is 1. The van der Waals surface area contributed by atoms with Crippen molar-refractivity contribution in [2.45, 2.75) is 32.4 Å². The van der Waals surface area contributed by atoms with Crippen LogP contribution >= 0.6 is 31.9 Å². The number of rotatable bonds is 2. The molecule has 2 rings (SSSR count). The topological polar surface area (TPSA) is 45.1 Å². The number of aliphatic hydroxyl groups is 1. The third-order valence-corrected chi connectivity index (χ3v) is 4.37. The van der Waals surface area contributed by atoms with Crippen LogP contribution in [-0.2, 0) is 0 Å². The summed E-state index contributed by atoms with van der Waals surface area (Å²) in [4.78, 5) is 4.30. The molecular weight excluding hydrogens is 336 g/mol. The third-order valence-electron chi connectivity index (χ3n) is 3.33. The van der Waals surface area contributed by atoms with Crippen LogP contribution in [-0.4, -0.2) is 22.2 Å². The van der Waals surface area contributed by atoms with E-state index in [9.17, 15) is 5.11 Å². The van der Waals surface area contributed by atoms with Crippen molar-refractivity contribution in [3.05, 3.63) is 21.2 Å². The predicted octanol–water partition coefficient (Wildman–Crippen LogP) is 3.18. The number of nitrogens with zero attached hydrogens (tertiary/aromatic N) is 1. The van der Waals surface area contributed by atoms with E-state index in [0.717, 1.165) is 21.2 Å². The van der Waals surface area contributed by atoms with Gasteiger partial charge in [-0.3, -0.25) is 0 Å². The van der Waals surface area contributed by atoms with Crippen molar-refractivity contribution in [3.63, 3.8) is 0 Å². The minimum atomic E-state index is -0.223. The van der Waals surface area contributed by atoms with Gasteiger partial charge in [0.1, 0.15) is 5.82 Å². The van der Waals surface area contributed by atoms with Crippen LogP contribution in [0.1, 0.15) is 20.3 Å². The fraction of sp³-hybridized carbons (Fsp3) is 0.545. The van der Waals surface area contributed by atoms with Crippen LogP contribution < -0.4 is 5.32 Å². The molecule has 1 heterocycles. The molecule has 0 aliphatic heterocycles. The number of aliphatic hydroxyl groups excluding tert-OH is 1. The van der Waals surface area contributed by atoms with Gasteiger partial charge in [0.15, 0.2) is 0 Å². The molecule has 0 aromatic carbocycles. The Balaban J connectivity index is 2.11. The Bertz CT molecular complexity index is 409. The van der Waals surface area contributed by atoms with E-state index in [1.165, 1.54) is 0 Å². The molecule has 2 N–H and O–H groups in total. The van der Waals surface area contributed by atoms with Gasteiger partial charge >= 0.3 is 0 Å². The molecular formula is C11H14Br2N2O. The van der Waals surface area contributed by atoms with Crippen molar-refractivity contribution in [1.29, 1.82) is 0 Å². The molecule has 0 amide bonds. The summed E-state index contributed by atoms with van der Waals surface area (Å²) in [5.41, 5.74) is -0.0891. The van der Waals surface area contributed by atoms with Crippen LogP contribution in [0.2, 0.25) is 0 Å². The second-order valence-corrected chi connectivity index (χ2v) is 6.52. The summed E-state index contributed by atoms with van der Waals surface area (Å²) in [7, 11) is 0. The number of hydrogen-bond donors (Lipinski definition) is 2. The Kier molecular flexibility index (Phi) is 3.29. The maximum Gasteiger partial charge on any atom is 0.140 e. The molecule has 88 valence electrons. The lowest BCUT2D eigenvalue weighted by atomic mass is 9.64. The maximum absolute atomic E-state index is 9.66. The maximum atomic E-state index is 9.66. The van der Waals surface area contributed by atoms with Crippen LogP contribution in [0.5, 0.6) is 0 Å². The van der Waals surface area contributed by atoms with Gasteiger partial charge in [-0.05, 0) is 44.3 Å². The second kappa shape index (κ2) is 4.27. The summed E-state index contributed by atoms with van der Waals surface area (Å²) in [6.07, 6.45) is 2.31. The van der Waals surface area contributed by atoms with Gasteiger partial charge in [0, 0.05) is 22.1 Å². The Morgan fingerprint density at radius 1 is 1.50 bits per heavy atom. The van der Waals surface area contributed by atoms with E-state index >= 15 is 0 Å². The van der Waals surface area contributed by atoms with Gasteiger partial charge in [-0.15, -0.1) is 0 Å². The summed E-state index contributed by atoms with van der Waals surface area (Å²) in [6.45, 7) is 4.12. The van der Waals surface area contributed by atoms with Crippen molar-refractivity contribution >= 4 is 37.7 Å².